The van der Waals surface area contributed by atoms with Crippen LogP contribution in [-0.4, -0.2) is 50.0 Å². The molecule has 6 heteroatoms. The normalized spacial score (nSPS) is 20.4. The molecule has 1 aliphatic carbocycles. The number of hydrogen-bond donors (Lipinski definition) is 1. The lowest BCUT2D eigenvalue weighted by atomic mass is 9.79. The molecule has 0 amide bonds. The van der Waals surface area contributed by atoms with Gasteiger partial charge in [0, 0.05) is 49.6 Å². The van der Waals surface area contributed by atoms with Gasteiger partial charge in [-0.3, -0.25) is 14.7 Å². The van der Waals surface area contributed by atoms with Gasteiger partial charge in [-0.25, -0.2) is 4.68 Å². The Hall–Kier alpha value is -2.05. The number of β-amino-alcohol motifs (C(OH)–C–C–N with tert-alkyl or cyclic N) is 1. The highest BCUT2D eigenvalue weighted by molar-refractivity contribution is 5.56. The fraction of sp³-hybridized carbons (Fsp3) is 0.500. The zero-order chi connectivity index (χ0) is 16.6. The van der Waals surface area contributed by atoms with Crippen molar-refractivity contribution >= 4 is 0 Å². The van der Waals surface area contributed by atoms with Gasteiger partial charge >= 0.3 is 0 Å². The van der Waals surface area contributed by atoms with Crippen LogP contribution < -0.4 is 5.56 Å². The van der Waals surface area contributed by atoms with Crippen LogP contribution in [0.15, 0.2) is 41.5 Å². The van der Waals surface area contributed by atoms with Crippen LogP contribution >= 0.6 is 0 Å². The Bertz CT molecular complexity index is 764. The first-order valence-electron chi connectivity index (χ1n) is 8.55. The standard InChI is InChI=1S/C18H22N4O2/c23-17-5-4-16(15-3-1-8-19-9-15)20-22(17)12-14-10-21(11-14)13-18(24)6-2-7-18/h1,3-5,8-9,14,24H,2,6-7,10-13H2. The van der Waals surface area contributed by atoms with Gasteiger partial charge in [0.15, 0.2) is 0 Å². The van der Waals surface area contributed by atoms with Gasteiger partial charge in [-0.2, -0.15) is 5.10 Å². The molecule has 2 aromatic heterocycles. The van der Waals surface area contributed by atoms with Crippen molar-refractivity contribution < 1.29 is 5.11 Å². The summed E-state index contributed by atoms with van der Waals surface area (Å²) in [5.74, 6) is 0.419. The number of nitrogens with zero attached hydrogens (tertiary/aromatic N) is 4. The molecule has 3 heterocycles. The molecule has 0 radical (unpaired) electrons. The minimum absolute atomic E-state index is 0.0706. The summed E-state index contributed by atoms with van der Waals surface area (Å²) in [6.07, 6.45) is 6.44. The Morgan fingerprint density at radius 1 is 1.25 bits per heavy atom. The lowest BCUT2D eigenvalue weighted by Crippen LogP contribution is -2.57. The highest BCUT2D eigenvalue weighted by Gasteiger charge is 2.39. The summed E-state index contributed by atoms with van der Waals surface area (Å²) in [4.78, 5) is 18.5. The molecule has 0 aromatic carbocycles. The van der Waals surface area contributed by atoms with Crippen LogP contribution in [0.25, 0.3) is 11.3 Å². The highest BCUT2D eigenvalue weighted by Crippen LogP contribution is 2.34. The van der Waals surface area contributed by atoms with E-state index in [1.54, 1.807) is 29.2 Å². The minimum atomic E-state index is -0.458. The second kappa shape index (κ2) is 6.11. The van der Waals surface area contributed by atoms with E-state index >= 15 is 0 Å². The molecule has 2 aromatic rings. The van der Waals surface area contributed by atoms with Crippen LogP contribution in [0.4, 0.5) is 0 Å². The molecule has 0 unspecified atom stereocenters. The summed E-state index contributed by atoms with van der Waals surface area (Å²) in [6, 6.07) is 7.12. The molecule has 1 aliphatic heterocycles. The number of rotatable bonds is 5. The molecule has 0 atom stereocenters. The first kappa shape index (κ1) is 15.5. The monoisotopic (exact) mass is 326 g/mol. The summed E-state index contributed by atoms with van der Waals surface area (Å²) >= 11 is 0. The molecule has 24 heavy (non-hydrogen) atoms. The topological polar surface area (TPSA) is 71.2 Å². The van der Waals surface area contributed by atoms with Gasteiger partial charge in [0.2, 0.25) is 0 Å². The molecule has 6 nitrogen and oxygen atoms in total. The predicted octanol–water partition coefficient (Wildman–Crippen LogP) is 1.15. The fourth-order valence-electron chi connectivity index (χ4n) is 3.57. The summed E-state index contributed by atoms with van der Waals surface area (Å²) in [5, 5.41) is 14.7. The van der Waals surface area contributed by atoms with Gasteiger partial charge in [0.05, 0.1) is 17.8 Å². The number of aliphatic hydroxyl groups is 1. The minimum Gasteiger partial charge on any atom is -0.389 e. The maximum atomic E-state index is 12.1. The fourth-order valence-corrected chi connectivity index (χ4v) is 3.57. The van der Waals surface area contributed by atoms with Crippen LogP contribution in [0, 0.1) is 5.92 Å². The molecule has 1 saturated carbocycles. The van der Waals surface area contributed by atoms with Crippen LogP contribution in [0.5, 0.6) is 0 Å². The predicted molar refractivity (Wildman–Crippen MR) is 90.5 cm³/mol. The zero-order valence-corrected chi connectivity index (χ0v) is 13.6. The van der Waals surface area contributed by atoms with Crippen molar-refractivity contribution in [2.75, 3.05) is 19.6 Å². The summed E-state index contributed by atoms with van der Waals surface area (Å²) < 4.78 is 1.56. The SMILES string of the molecule is O=c1ccc(-c2cccnc2)nn1CC1CN(CC2(O)CCC2)C1. The quantitative estimate of drug-likeness (QED) is 0.892. The molecule has 0 bridgehead atoms. The first-order chi connectivity index (χ1) is 11.6. The molecule has 0 spiro atoms. The summed E-state index contributed by atoms with van der Waals surface area (Å²) in [5.41, 5.74) is 1.15. The van der Waals surface area contributed by atoms with Crippen molar-refractivity contribution in [2.24, 2.45) is 5.92 Å². The highest BCUT2D eigenvalue weighted by atomic mass is 16.3. The van der Waals surface area contributed by atoms with E-state index in [1.807, 2.05) is 12.1 Å². The van der Waals surface area contributed by atoms with Crippen LogP contribution in [-0.2, 0) is 6.54 Å². The van der Waals surface area contributed by atoms with E-state index in [2.05, 4.69) is 15.0 Å². The second-order valence-corrected chi connectivity index (χ2v) is 7.12. The van der Waals surface area contributed by atoms with Crippen LogP contribution in [0.2, 0.25) is 0 Å². The summed E-state index contributed by atoms with van der Waals surface area (Å²) in [6.45, 7) is 3.24. The molecular formula is C18H22N4O2. The van der Waals surface area contributed by atoms with Crippen molar-refractivity contribution in [2.45, 2.75) is 31.4 Å². The molecule has 126 valence electrons. The smallest absolute Gasteiger partial charge is 0.266 e. The molecular weight excluding hydrogens is 304 g/mol. The van der Waals surface area contributed by atoms with Gasteiger partial charge in [0.25, 0.3) is 5.56 Å². The molecule has 1 N–H and O–H groups in total. The van der Waals surface area contributed by atoms with E-state index < -0.39 is 5.60 Å². The van der Waals surface area contributed by atoms with Crippen molar-refractivity contribution in [3.05, 3.63) is 47.0 Å². The number of likely N-dealkylation sites (tertiary alicyclic amines) is 1. The lowest BCUT2D eigenvalue weighted by molar-refractivity contribution is -0.0819. The molecule has 2 aliphatic rings. The second-order valence-electron chi connectivity index (χ2n) is 7.12. The average Bonchev–Trinajstić information content (AvgIpc) is 2.54. The Labute approximate surface area is 140 Å². The number of pyridine rings is 1. The first-order valence-corrected chi connectivity index (χ1v) is 8.55. The third kappa shape index (κ3) is 3.12. The van der Waals surface area contributed by atoms with Gasteiger partial charge in [-0.05, 0) is 37.5 Å². The molecule has 2 fully saturated rings. The summed E-state index contributed by atoms with van der Waals surface area (Å²) in [7, 11) is 0. The third-order valence-electron chi connectivity index (χ3n) is 5.09. The van der Waals surface area contributed by atoms with Gasteiger partial charge in [-0.1, -0.05) is 0 Å². The molecule has 1 saturated heterocycles. The van der Waals surface area contributed by atoms with Crippen molar-refractivity contribution in [1.29, 1.82) is 0 Å². The Morgan fingerprint density at radius 3 is 2.75 bits per heavy atom. The van der Waals surface area contributed by atoms with E-state index in [0.29, 0.717) is 12.5 Å². The lowest BCUT2D eigenvalue weighted by Gasteiger charge is -2.47. The number of aromatic nitrogens is 3. The van der Waals surface area contributed by atoms with Crippen LogP contribution in [0.3, 0.4) is 0 Å². The maximum absolute atomic E-state index is 12.1. The Morgan fingerprint density at radius 2 is 2.08 bits per heavy atom. The Balaban J connectivity index is 1.39. The van der Waals surface area contributed by atoms with Crippen molar-refractivity contribution in [3.63, 3.8) is 0 Å². The van der Waals surface area contributed by atoms with Gasteiger partial charge < -0.3 is 5.11 Å². The van der Waals surface area contributed by atoms with E-state index in [9.17, 15) is 9.90 Å². The van der Waals surface area contributed by atoms with E-state index in [4.69, 9.17) is 0 Å². The van der Waals surface area contributed by atoms with Crippen LogP contribution in [0.1, 0.15) is 19.3 Å². The third-order valence-corrected chi connectivity index (χ3v) is 5.09. The van der Waals surface area contributed by atoms with Crippen molar-refractivity contribution in [1.82, 2.24) is 19.7 Å². The maximum Gasteiger partial charge on any atom is 0.266 e. The van der Waals surface area contributed by atoms with Crippen molar-refractivity contribution in [3.8, 4) is 11.3 Å². The average molecular weight is 326 g/mol. The Kier molecular flexibility index (Phi) is 3.94. The van der Waals surface area contributed by atoms with Gasteiger partial charge in [0.1, 0.15) is 0 Å². The van der Waals surface area contributed by atoms with E-state index in [0.717, 1.165) is 50.2 Å². The largest absolute Gasteiger partial charge is 0.389 e. The van der Waals surface area contributed by atoms with E-state index in [1.165, 1.54) is 0 Å². The number of hydrogen-bond acceptors (Lipinski definition) is 5. The van der Waals surface area contributed by atoms with E-state index in [-0.39, 0.29) is 5.56 Å². The zero-order valence-electron chi connectivity index (χ0n) is 13.6. The molecule has 4 rings (SSSR count). The van der Waals surface area contributed by atoms with Gasteiger partial charge in [-0.15, -0.1) is 0 Å².